The van der Waals surface area contributed by atoms with Crippen molar-refractivity contribution in [1.29, 1.82) is 0 Å². The molecule has 0 bridgehead atoms. The molecule has 0 heterocycles. The van der Waals surface area contributed by atoms with Crippen LogP contribution in [-0.2, 0) is 10.8 Å². The summed E-state index contributed by atoms with van der Waals surface area (Å²) in [6.45, 7) is 0. The lowest BCUT2D eigenvalue weighted by molar-refractivity contribution is -0.183. The summed E-state index contributed by atoms with van der Waals surface area (Å²) in [5.41, 5.74) is -0.215. The number of fused-ring (bicyclic) bond motifs is 4. The van der Waals surface area contributed by atoms with Gasteiger partial charge in [-0.3, -0.25) is 0 Å². The molecule has 0 aliphatic heterocycles. The van der Waals surface area contributed by atoms with Gasteiger partial charge >= 0.3 is 0 Å². The van der Waals surface area contributed by atoms with Crippen molar-refractivity contribution in [3.63, 3.8) is 0 Å². The molecule has 220 valence electrons. The van der Waals surface area contributed by atoms with Crippen molar-refractivity contribution >= 4 is 22.3 Å². The lowest BCUT2D eigenvalue weighted by atomic mass is 9.16. The van der Waals surface area contributed by atoms with Crippen LogP contribution in [0.15, 0.2) is 182 Å². The maximum Gasteiger partial charge on any atom is 0.191 e. The second-order valence-corrected chi connectivity index (χ2v) is 12.5. The molecular weight excluding hydrogens is 566 g/mol. The summed E-state index contributed by atoms with van der Waals surface area (Å²) in [5.74, 6) is 0. The van der Waals surface area contributed by atoms with Crippen LogP contribution in [0.3, 0.4) is 0 Å². The highest BCUT2D eigenvalue weighted by atomic mass is 19.2. The molecule has 0 saturated heterocycles. The van der Waals surface area contributed by atoms with E-state index in [1.54, 1.807) is 0 Å². The Morgan fingerprint density at radius 2 is 0.478 bits per heavy atom. The molecule has 46 heavy (non-hydrogen) atoms. The quantitative estimate of drug-likeness (QED) is 0.179. The molecule has 0 N–H and O–H groups in total. The monoisotopic (exact) mass is 596 g/mol. The first-order valence-electron chi connectivity index (χ1n) is 15.8. The van der Waals surface area contributed by atoms with Gasteiger partial charge in [-0.2, -0.15) is 0 Å². The van der Waals surface area contributed by atoms with E-state index in [2.05, 4.69) is 0 Å². The zero-order valence-electron chi connectivity index (χ0n) is 25.1. The highest BCUT2D eigenvalue weighted by Gasteiger charge is 3.02. The number of allylic oxidation sites excluding steroid dienone is 4. The summed E-state index contributed by atoms with van der Waals surface area (Å²) >= 11 is 0. The number of hydrogen-bond acceptors (Lipinski definition) is 0. The minimum atomic E-state index is -2.38. The van der Waals surface area contributed by atoms with Crippen LogP contribution in [0.25, 0.3) is 22.3 Å². The zero-order valence-corrected chi connectivity index (χ0v) is 25.1. The van der Waals surface area contributed by atoms with Crippen LogP contribution in [0.5, 0.6) is 0 Å². The maximum atomic E-state index is 19.5. The number of alkyl halides is 2. The number of halogens is 2. The topological polar surface area (TPSA) is 0 Å². The second kappa shape index (κ2) is 9.58. The molecular formula is C44H30F2. The molecule has 9 rings (SSSR count). The zero-order chi connectivity index (χ0) is 31.0. The summed E-state index contributed by atoms with van der Waals surface area (Å²) in [5, 5.41) is 0. The van der Waals surface area contributed by atoms with Gasteiger partial charge in [0.1, 0.15) is 0 Å². The smallest absolute Gasteiger partial charge is 0.191 e. The molecule has 4 atom stereocenters. The normalized spacial score (nSPS) is 27.5. The Balaban J connectivity index is 1.52. The number of rotatable bonds is 6. The summed E-state index contributed by atoms with van der Waals surface area (Å²) in [4.78, 5) is 0. The average Bonchev–Trinajstić information content (AvgIpc) is 3.13. The Bertz CT molecular complexity index is 1980. The Labute approximate surface area is 268 Å². The summed E-state index contributed by atoms with van der Waals surface area (Å²) < 4.78 is 39.0. The van der Waals surface area contributed by atoms with Crippen LogP contribution in [-0.4, -0.2) is 11.3 Å². The van der Waals surface area contributed by atoms with E-state index in [1.807, 2.05) is 182 Å². The van der Waals surface area contributed by atoms with Gasteiger partial charge in [-0.15, -0.1) is 0 Å². The van der Waals surface area contributed by atoms with Crippen molar-refractivity contribution in [3.05, 3.63) is 215 Å². The fourth-order valence-corrected chi connectivity index (χ4v) is 9.33. The van der Waals surface area contributed by atoms with E-state index < -0.39 is 22.2 Å². The van der Waals surface area contributed by atoms with Gasteiger partial charge in [-0.05, 0) is 44.5 Å². The van der Waals surface area contributed by atoms with Gasteiger partial charge < -0.3 is 0 Å². The van der Waals surface area contributed by atoms with Gasteiger partial charge in [0.05, 0.1) is 10.8 Å². The predicted octanol–water partition coefficient (Wildman–Crippen LogP) is 10.5. The van der Waals surface area contributed by atoms with E-state index in [0.717, 1.165) is 33.4 Å². The lowest BCUT2D eigenvalue weighted by Crippen LogP contribution is -2.96. The minimum absolute atomic E-state index is 0.428. The van der Waals surface area contributed by atoms with Crippen molar-refractivity contribution in [1.82, 2.24) is 0 Å². The van der Waals surface area contributed by atoms with Gasteiger partial charge in [0.25, 0.3) is 0 Å². The van der Waals surface area contributed by atoms with Gasteiger partial charge in [0, 0.05) is 11.1 Å². The van der Waals surface area contributed by atoms with Gasteiger partial charge in [0.2, 0.25) is 0 Å². The van der Waals surface area contributed by atoms with Crippen LogP contribution in [0, 0.1) is 0 Å². The fraction of sp³-hybridized carbons (Fsp3) is 0.0909. The standard InChI is InChI=1S/C44H30F2/c45-43-39(33-23-11-3-12-24-33)37(31-19-7-1-8-20-31)41(43,35-27-15-5-16-28-35)42(36-29-17-6-18-30-36)38(32-21-9-2-10-22-32)40(44(42,43)46)34-25-13-4-14-26-34/h1-30H/t41-,42-,43+,44+/m0/s1. The van der Waals surface area contributed by atoms with Crippen molar-refractivity contribution in [2.24, 2.45) is 0 Å². The van der Waals surface area contributed by atoms with Crippen LogP contribution in [0.1, 0.15) is 33.4 Å². The highest BCUT2D eigenvalue weighted by Crippen LogP contribution is 2.95. The van der Waals surface area contributed by atoms with E-state index in [-0.39, 0.29) is 0 Å². The third-order valence-corrected chi connectivity index (χ3v) is 10.7. The van der Waals surface area contributed by atoms with Gasteiger partial charge in [-0.1, -0.05) is 182 Å². The van der Waals surface area contributed by atoms with Crippen LogP contribution in [0.2, 0.25) is 0 Å². The van der Waals surface area contributed by atoms with Crippen molar-refractivity contribution in [3.8, 4) is 0 Å². The van der Waals surface area contributed by atoms with Crippen LogP contribution >= 0.6 is 0 Å². The molecule has 6 aromatic carbocycles. The van der Waals surface area contributed by atoms with E-state index in [0.29, 0.717) is 22.3 Å². The third-order valence-electron chi connectivity index (χ3n) is 10.7. The Hall–Kier alpha value is -5.34. The van der Waals surface area contributed by atoms with Gasteiger partial charge in [-0.25, -0.2) is 8.78 Å². The maximum absolute atomic E-state index is 19.5. The molecule has 1 saturated carbocycles. The first kappa shape index (κ1) is 27.0. The van der Waals surface area contributed by atoms with Gasteiger partial charge in [0.15, 0.2) is 11.3 Å². The second-order valence-electron chi connectivity index (χ2n) is 12.5. The third kappa shape index (κ3) is 2.85. The van der Waals surface area contributed by atoms with Crippen molar-refractivity contribution < 1.29 is 8.78 Å². The van der Waals surface area contributed by atoms with E-state index in [4.69, 9.17) is 0 Å². The molecule has 0 spiro atoms. The molecule has 0 radical (unpaired) electrons. The predicted molar refractivity (Wildman–Crippen MR) is 183 cm³/mol. The Kier molecular flexibility index (Phi) is 5.63. The van der Waals surface area contributed by atoms with E-state index in [9.17, 15) is 0 Å². The first-order chi connectivity index (χ1) is 22.6. The molecule has 2 heteroatoms. The molecule has 0 amide bonds. The Morgan fingerprint density at radius 1 is 0.261 bits per heavy atom. The molecule has 3 aliphatic carbocycles. The lowest BCUT2D eigenvalue weighted by Gasteiger charge is -2.86. The van der Waals surface area contributed by atoms with Crippen LogP contribution < -0.4 is 0 Å². The fourth-order valence-electron chi connectivity index (χ4n) is 9.33. The summed E-state index contributed by atoms with van der Waals surface area (Å²) in [6, 6.07) is 58.9. The summed E-state index contributed by atoms with van der Waals surface area (Å²) in [7, 11) is 0. The SMILES string of the molecule is F[C@]12C(c3ccccc3)=C(c3ccccc3)[C@@]1(c1ccccc1)[C@]1(c3ccccc3)C(c3ccccc3)=C(c3ccccc3)[C@]21F. The van der Waals surface area contributed by atoms with Crippen molar-refractivity contribution in [2.45, 2.75) is 22.2 Å². The molecule has 0 unspecified atom stereocenters. The number of hydrogen-bond donors (Lipinski definition) is 0. The first-order valence-corrected chi connectivity index (χ1v) is 15.8. The molecule has 0 aromatic heterocycles. The Morgan fingerprint density at radius 3 is 0.739 bits per heavy atom. The number of benzene rings is 6. The summed E-state index contributed by atoms with van der Waals surface area (Å²) in [6.07, 6.45) is 0. The minimum Gasteiger partial charge on any atom is -0.233 e. The van der Waals surface area contributed by atoms with E-state index >= 15 is 8.78 Å². The molecule has 6 aromatic rings. The van der Waals surface area contributed by atoms with Crippen LogP contribution in [0.4, 0.5) is 8.78 Å². The largest absolute Gasteiger partial charge is 0.233 e. The van der Waals surface area contributed by atoms with E-state index in [1.165, 1.54) is 0 Å². The molecule has 0 nitrogen and oxygen atoms in total. The molecule has 3 aliphatic rings. The van der Waals surface area contributed by atoms with Crippen molar-refractivity contribution in [2.75, 3.05) is 0 Å². The molecule has 1 fully saturated rings. The highest BCUT2D eigenvalue weighted by molar-refractivity contribution is 6.26. The average molecular weight is 597 g/mol.